The second-order valence-corrected chi connectivity index (χ2v) is 18.8. The van der Waals surface area contributed by atoms with Crippen LogP contribution in [0.2, 0.25) is 0 Å². The molecule has 2 aromatic carbocycles. The summed E-state index contributed by atoms with van der Waals surface area (Å²) in [7, 11) is -4.06. The molecule has 4 aromatic rings. The number of sulfonamides is 1. The molecule has 4 aliphatic rings. The van der Waals surface area contributed by atoms with Gasteiger partial charge in [0.1, 0.15) is 34.4 Å². The second-order valence-electron chi connectivity index (χ2n) is 15.8. The Balaban J connectivity index is 1.13. The summed E-state index contributed by atoms with van der Waals surface area (Å²) in [5.41, 5.74) is -1.46. The maximum atomic E-state index is 14.6. The highest BCUT2D eigenvalue weighted by Crippen LogP contribution is 2.47. The third-order valence-electron chi connectivity index (χ3n) is 11.6. The SMILES string of the molecule is CC1(S(=O)(=O)NC(=O)[C@@]23C[C@H]2/C=C\CCCCC[C@H](NC(=O)c2ccns2)C(=O)N2C[C@H](Oc4nc5cc(OC(F)(F)F)ccc5c5ccccc45)C[C@H]2C(=O)N3)CC1. The molecule has 2 aromatic heterocycles. The average molecular weight is 855 g/mol. The van der Waals surface area contributed by atoms with E-state index in [2.05, 4.69) is 29.5 Å². The molecular weight excluding hydrogens is 814 g/mol. The van der Waals surface area contributed by atoms with Gasteiger partial charge >= 0.3 is 6.36 Å². The Labute approximate surface area is 341 Å². The largest absolute Gasteiger partial charge is 0.573 e. The number of ether oxygens (including phenoxy) is 2. The molecule has 14 nitrogen and oxygen atoms in total. The lowest BCUT2D eigenvalue weighted by atomic mass is 10.0. The molecule has 0 bridgehead atoms. The number of allylic oxidation sites excluding steroid dienone is 1. The van der Waals surface area contributed by atoms with Crippen molar-refractivity contribution >= 4 is 66.9 Å². The van der Waals surface area contributed by atoms with E-state index in [1.165, 1.54) is 29.3 Å². The van der Waals surface area contributed by atoms with Crippen LogP contribution in [0.15, 0.2) is 66.9 Å². The topological polar surface area (TPSA) is 186 Å². The number of carbonyl (C=O) groups excluding carboxylic acids is 4. The summed E-state index contributed by atoms with van der Waals surface area (Å²) in [6, 6.07) is 10.0. The fourth-order valence-corrected chi connectivity index (χ4v) is 9.67. The van der Waals surface area contributed by atoms with Gasteiger partial charge in [0.2, 0.25) is 27.7 Å². The molecule has 2 saturated carbocycles. The van der Waals surface area contributed by atoms with E-state index in [-0.39, 0.29) is 42.1 Å². The Kier molecular flexibility index (Phi) is 10.6. The zero-order chi connectivity index (χ0) is 41.7. The lowest BCUT2D eigenvalue weighted by Crippen LogP contribution is -2.58. The highest BCUT2D eigenvalue weighted by atomic mass is 32.2. The summed E-state index contributed by atoms with van der Waals surface area (Å²) >= 11 is 0.964. The Morgan fingerprint density at radius 2 is 1.81 bits per heavy atom. The molecule has 2 aliphatic carbocycles. The number of hydrogen-bond donors (Lipinski definition) is 3. The molecule has 3 fully saturated rings. The minimum atomic E-state index is -4.94. The zero-order valence-electron chi connectivity index (χ0n) is 31.8. The molecule has 59 heavy (non-hydrogen) atoms. The first-order valence-corrected chi connectivity index (χ1v) is 21.6. The van der Waals surface area contributed by atoms with E-state index in [1.807, 2.05) is 12.2 Å². The van der Waals surface area contributed by atoms with E-state index in [9.17, 15) is 40.8 Å². The molecule has 4 amide bonds. The molecule has 1 saturated heterocycles. The monoisotopic (exact) mass is 854 g/mol. The predicted octanol–water partition coefficient (Wildman–Crippen LogP) is 5.28. The fraction of sp³-hybridized carbons (Fsp3) is 0.450. The average Bonchev–Trinajstić information content (AvgIpc) is 3.93. The van der Waals surface area contributed by atoms with E-state index in [0.717, 1.165) is 24.0 Å². The second kappa shape index (κ2) is 15.4. The van der Waals surface area contributed by atoms with Crippen LogP contribution >= 0.6 is 11.5 Å². The maximum absolute atomic E-state index is 14.6. The van der Waals surface area contributed by atoms with E-state index >= 15 is 0 Å². The van der Waals surface area contributed by atoms with Crippen LogP contribution in [0.1, 0.15) is 74.4 Å². The summed E-state index contributed by atoms with van der Waals surface area (Å²) in [4.78, 5) is 62.5. The van der Waals surface area contributed by atoms with Crippen LogP contribution in [0.5, 0.6) is 11.6 Å². The summed E-state index contributed by atoms with van der Waals surface area (Å²) in [6.07, 6.45) is 3.08. The van der Waals surface area contributed by atoms with E-state index < -0.39 is 80.2 Å². The number of fused-ring (bicyclic) bond motifs is 5. The quantitative estimate of drug-likeness (QED) is 0.156. The smallest absolute Gasteiger partial charge is 0.472 e. The number of nitrogens with one attached hydrogen (secondary N) is 3. The number of amides is 4. The van der Waals surface area contributed by atoms with Crippen LogP contribution in [0, 0.1) is 5.92 Å². The van der Waals surface area contributed by atoms with Gasteiger partial charge in [-0.05, 0) is 86.6 Å². The van der Waals surface area contributed by atoms with Gasteiger partial charge in [0.15, 0.2) is 0 Å². The zero-order valence-corrected chi connectivity index (χ0v) is 33.4. The first-order chi connectivity index (χ1) is 28.1. The molecule has 2 aliphatic heterocycles. The number of carbonyl (C=O) groups is 4. The Hall–Kier alpha value is -5.30. The Bertz CT molecular complexity index is 2460. The third kappa shape index (κ3) is 8.31. The van der Waals surface area contributed by atoms with Gasteiger partial charge in [-0.1, -0.05) is 43.2 Å². The van der Waals surface area contributed by atoms with E-state index in [0.29, 0.717) is 48.3 Å². The Morgan fingerprint density at radius 1 is 1.03 bits per heavy atom. The Morgan fingerprint density at radius 3 is 2.54 bits per heavy atom. The van der Waals surface area contributed by atoms with Crippen LogP contribution in [0.3, 0.4) is 0 Å². The van der Waals surface area contributed by atoms with Crippen LogP contribution in [-0.2, 0) is 24.4 Å². The summed E-state index contributed by atoms with van der Waals surface area (Å²) in [6.45, 7) is 1.39. The molecule has 3 N–H and O–H groups in total. The number of alkyl halides is 3. The van der Waals surface area contributed by atoms with Crippen molar-refractivity contribution in [2.45, 2.75) is 99.5 Å². The van der Waals surface area contributed by atoms with Crippen molar-refractivity contribution in [3.63, 3.8) is 0 Å². The highest BCUT2D eigenvalue weighted by molar-refractivity contribution is 7.91. The van der Waals surface area contributed by atoms with E-state index in [1.54, 1.807) is 31.2 Å². The number of halogens is 3. The van der Waals surface area contributed by atoms with Crippen molar-refractivity contribution in [1.29, 1.82) is 0 Å². The van der Waals surface area contributed by atoms with Gasteiger partial charge in [0.05, 0.1) is 16.8 Å². The van der Waals surface area contributed by atoms with Crippen LogP contribution in [0.25, 0.3) is 21.7 Å². The number of benzene rings is 2. The lowest BCUT2D eigenvalue weighted by molar-refractivity contribution is -0.274. The summed E-state index contributed by atoms with van der Waals surface area (Å²) in [5.74, 6) is -3.62. The molecule has 0 radical (unpaired) electrons. The minimum Gasteiger partial charge on any atom is -0.472 e. The van der Waals surface area contributed by atoms with Gasteiger partial charge in [-0.2, -0.15) is 0 Å². The van der Waals surface area contributed by atoms with Crippen molar-refractivity contribution in [2.75, 3.05) is 6.54 Å². The van der Waals surface area contributed by atoms with Crippen molar-refractivity contribution in [2.24, 2.45) is 5.92 Å². The third-order valence-corrected chi connectivity index (χ3v) is 14.5. The maximum Gasteiger partial charge on any atom is 0.573 e. The standard InChI is InChI=1S/C40H41F3N6O8S2/c1-38(16-17-38)59(54,55)48-37(53)39-21-23(39)9-5-3-2-4-6-12-29(45-34(51)32-15-18-44-58-32)36(52)49-22-25(20-31(49)33(50)47-39)56-35-28-11-8-7-10-26(28)27-14-13-24(19-30(27)46-35)57-40(41,42)43/h5,7-11,13-15,18-19,23,25,29,31H,2-4,6,12,16-17,20-22H2,1H3,(H,45,51)(H,47,50)(H,48,53)/b9-5-/t23-,25-,29+,31+,39-/m1/s1. The first-order valence-electron chi connectivity index (χ1n) is 19.4. The number of pyridine rings is 1. The first kappa shape index (κ1) is 40.5. The predicted molar refractivity (Wildman–Crippen MR) is 210 cm³/mol. The number of aromatic nitrogens is 2. The van der Waals surface area contributed by atoms with Gasteiger partial charge in [-0.3, -0.25) is 23.9 Å². The van der Waals surface area contributed by atoms with Crippen LogP contribution < -0.4 is 24.8 Å². The highest BCUT2D eigenvalue weighted by Gasteiger charge is 2.63. The molecular formula is C40H41F3N6O8S2. The van der Waals surface area contributed by atoms with Gasteiger partial charge in [-0.15, -0.1) is 13.2 Å². The van der Waals surface area contributed by atoms with Gasteiger partial charge in [-0.25, -0.2) is 17.8 Å². The van der Waals surface area contributed by atoms with Crippen LogP contribution in [0.4, 0.5) is 13.2 Å². The lowest BCUT2D eigenvalue weighted by Gasteiger charge is -2.30. The molecule has 4 heterocycles. The molecule has 8 rings (SSSR count). The van der Waals surface area contributed by atoms with Crippen molar-refractivity contribution in [3.05, 3.63) is 71.8 Å². The van der Waals surface area contributed by atoms with E-state index in [4.69, 9.17) is 4.74 Å². The van der Waals surface area contributed by atoms with Crippen molar-refractivity contribution < 1.29 is 50.2 Å². The normalized spacial score (nSPS) is 26.4. The molecule has 0 spiro atoms. The van der Waals surface area contributed by atoms with Crippen molar-refractivity contribution in [3.8, 4) is 11.6 Å². The van der Waals surface area contributed by atoms with Crippen molar-refractivity contribution in [1.82, 2.24) is 29.6 Å². The van der Waals surface area contributed by atoms with Gasteiger partial charge in [0, 0.05) is 35.4 Å². The van der Waals surface area contributed by atoms with Gasteiger partial charge in [0.25, 0.3) is 11.8 Å². The number of rotatable bonds is 8. The number of nitrogens with zero attached hydrogens (tertiary/aromatic N) is 3. The van der Waals surface area contributed by atoms with Crippen LogP contribution in [-0.4, -0.2) is 87.7 Å². The minimum absolute atomic E-state index is 0.0370. The number of hydrogen-bond acceptors (Lipinski definition) is 11. The molecule has 312 valence electrons. The molecule has 0 unspecified atom stereocenters. The molecule has 19 heteroatoms. The van der Waals surface area contributed by atoms with Gasteiger partial charge < -0.3 is 25.0 Å². The molecule has 5 atom stereocenters. The fourth-order valence-electron chi connectivity index (χ4n) is 7.86. The summed E-state index contributed by atoms with van der Waals surface area (Å²) in [5, 5.41) is 7.33. The summed E-state index contributed by atoms with van der Waals surface area (Å²) < 4.78 is 81.5.